The highest BCUT2D eigenvalue weighted by molar-refractivity contribution is 6.05. The number of benzene rings is 2. The lowest BCUT2D eigenvalue weighted by molar-refractivity contribution is 0.104. The zero-order valence-electron chi connectivity index (χ0n) is 12.9. The summed E-state index contributed by atoms with van der Waals surface area (Å²) in [5.41, 5.74) is 2.17. The minimum atomic E-state index is -0.0671. The zero-order chi connectivity index (χ0) is 15.9. The highest BCUT2D eigenvalue weighted by Crippen LogP contribution is 2.24. The molecule has 0 aromatic heterocycles. The summed E-state index contributed by atoms with van der Waals surface area (Å²) in [6, 6.07) is 14.6. The van der Waals surface area contributed by atoms with Crippen molar-refractivity contribution >= 4 is 11.5 Å². The molecule has 114 valence electrons. The van der Waals surface area contributed by atoms with Gasteiger partial charge >= 0.3 is 0 Å². The molecule has 0 bridgehead atoms. The van der Waals surface area contributed by atoms with Crippen molar-refractivity contribution < 1.29 is 14.3 Å². The number of nitrogens with one attached hydrogen (secondary N) is 1. The molecule has 2 rings (SSSR count). The van der Waals surface area contributed by atoms with Gasteiger partial charge in [0, 0.05) is 17.3 Å². The third-order valence-corrected chi connectivity index (χ3v) is 3.16. The molecule has 0 atom stereocenters. The van der Waals surface area contributed by atoms with Gasteiger partial charge in [-0.15, -0.1) is 0 Å². The molecule has 0 saturated carbocycles. The maximum atomic E-state index is 12.2. The Kier molecular flexibility index (Phi) is 5.20. The number of hydrogen-bond donors (Lipinski definition) is 1. The number of allylic oxidation sites excluding steroid dienone is 2. The van der Waals surface area contributed by atoms with Gasteiger partial charge in [-0.2, -0.15) is 0 Å². The Bertz CT molecular complexity index is 675. The molecule has 0 aliphatic heterocycles. The van der Waals surface area contributed by atoms with Crippen LogP contribution < -0.4 is 14.8 Å². The second-order valence-corrected chi connectivity index (χ2v) is 4.75. The molecule has 4 heteroatoms. The standard InChI is InChI=1S/C18H19NO3/c1-13(19-16-6-4-5-7-18(16)22-3)12-17(20)14-8-10-15(21-2)11-9-14/h4-12,19H,1-3H3/b13-12+. The van der Waals surface area contributed by atoms with Crippen molar-refractivity contribution in [2.75, 3.05) is 19.5 Å². The number of carbonyl (C=O) groups is 1. The highest BCUT2D eigenvalue weighted by atomic mass is 16.5. The first-order valence-electron chi connectivity index (χ1n) is 6.90. The minimum Gasteiger partial charge on any atom is -0.497 e. The van der Waals surface area contributed by atoms with Crippen molar-refractivity contribution in [3.8, 4) is 11.5 Å². The average molecular weight is 297 g/mol. The van der Waals surface area contributed by atoms with Gasteiger partial charge in [0.2, 0.25) is 0 Å². The second kappa shape index (κ2) is 7.31. The molecule has 0 aliphatic carbocycles. The predicted molar refractivity (Wildman–Crippen MR) is 87.7 cm³/mol. The number of anilines is 1. The van der Waals surface area contributed by atoms with Gasteiger partial charge < -0.3 is 14.8 Å². The quantitative estimate of drug-likeness (QED) is 0.649. The van der Waals surface area contributed by atoms with Crippen LogP contribution in [0.5, 0.6) is 11.5 Å². The number of hydrogen-bond acceptors (Lipinski definition) is 4. The van der Waals surface area contributed by atoms with Gasteiger partial charge in [0.15, 0.2) is 5.78 Å². The number of rotatable bonds is 6. The summed E-state index contributed by atoms with van der Waals surface area (Å²) in [4.78, 5) is 12.2. The van der Waals surface area contributed by atoms with Gasteiger partial charge in [0.1, 0.15) is 11.5 Å². The van der Waals surface area contributed by atoms with Crippen LogP contribution in [0.4, 0.5) is 5.69 Å². The average Bonchev–Trinajstić information content (AvgIpc) is 2.55. The fourth-order valence-electron chi connectivity index (χ4n) is 2.03. The first-order chi connectivity index (χ1) is 10.6. The molecule has 0 amide bonds. The molecule has 0 heterocycles. The van der Waals surface area contributed by atoms with Crippen molar-refractivity contribution in [3.05, 3.63) is 65.9 Å². The Hall–Kier alpha value is -2.75. The van der Waals surface area contributed by atoms with Gasteiger partial charge in [0.25, 0.3) is 0 Å². The minimum absolute atomic E-state index is 0.0671. The van der Waals surface area contributed by atoms with E-state index in [0.29, 0.717) is 5.56 Å². The smallest absolute Gasteiger partial charge is 0.187 e. The maximum Gasteiger partial charge on any atom is 0.187 e. The molecule has 0 spiro atoms. The first-order valence-corrected chi connectivity index (χ1v) is 6.90. The molecular weight excluding hydrogens is 278 g/mol. The molecule has 4 nitrogen and oxygen atoms in total. The lowest BCUT2D eigenvalue weighted by Gasteiger charge is -2.11. The van der Waals surface area contributed by atoms with Gasteiger partial charge in [0.05, 0.1) is 19.9 Å². The van der Waals surface area contributed by atoms with Gasteiger partial charge in [-0.25, -0.2) is 0 Å². The van der Waals surface area contributed by atoms with Crippen LogP contribution in [0.3, 0.4) is 0 Å². The largest absolute Gasteiger partial charge is 0.497 e. The van der Waals surface area contributed by atoms with E-state index < -0.39 is 0 Å². The molecule has 1 N–H and O–H groups in total. The van der Waals surface area contributed by atoms with Gasteiger partial charge in [-0.05, 0) is 43.3 Å². The molecule has 0 saturated heterocycles. The lowest BCUT2D eigenvalue weighted by atomic mass is 10.1. The molecule has 0 radical (unpaired) electrons. The number of para-hydroxylation sites is 2. The van der Waals surface area contributed by atoms with Crippen LogP contribution in [0.15, 0.2) is 60.3 Å². The third kappa shape index (κ3) is 3.88. The van der Waals surface area contributed by atoms with Crippen LogP contribution in [-0.2, 0) is 0 Å². The van der Waals surface area contributed by atoms with E-state index in [9.17, 15) is 4.79 Å². The third-order valence-electron chi connectivity index (χ3n) is 3.16. The fourth-order valence-corrected chi connectivity index (χ4v) is 2.03. The van der Waals surface area contributed by atoms with Crippen LogP contribution in [-0.4, -0.2) is 20.0 Å². The van der Waals surface area contributed by atoms with E-state index in [0.717, 1.165) is 22.9 Å². The van der Waals surface area contributed by atoms with Crippen LogP contribution in [0.1, 0.15) is 17.3 Å². The zero-order valence-corrected chi connectivity index (χ0v) is 12.9. The molecule has 22 heavy (non-hydrogen) atoms. The van der Waals surface area contributed by atoms with E-state index in [1.165, 1.54) is 0 Å². The molecule has 2 aromatic rings. The van der Waals surface area contributed by atoms with Gasteiger partial charge in [-0.1, -0.05) is 12.1 Å². The Morgan fingerprint density at radius 2 is 1.68 bits per heavy atom. The SMILES string of the molecule is COc1ccc(C(=O)/C=C(\C)Nc2ccccc2OC)cc1. The lowest BCUT2D eigenvalue weighted by Crippen LogP contribution is -2.02. The normalized spacial score (nSPS) is 11.0. The summed E-state index contributed by atoms with van der Waals surface area (Å²) in [7, 11) is 3.21. The molecule has 2 aromatic carbocycles. The van der Waals surface area contributed by atoms with Crippen molar-refractivity contribution in [2.45, 2.75) is 6.92 Å². The summed E-state index contributed by atoms with van der Waals surface area (Å²) in [6.07, 6.45) is 1.56. The van der Waals surface area contributed by atoms with Crippen LogP contribution in [0.2, 0.25) is 0 Å². The second-order valence-electron chi connectivity index (χ2n) is 4.75. The van der Waals surface area contributed by atoms with Gasteiger partial charge in [-0.3, -0.25) is 4.79 Å². The summed E-state index contributed by atoms with van der Waals surface area (Å²) >= 11 is 0. The van der Waals surface area contributed by atoms with Crippen molar-refractivity contribution in [1.82, 2.24) is 0 Å². The molecule has 0 fully saturated rings. The Morgan fingerprint density at radius 3 is 2.32 bits per heavy atom. The Morgan fingerprint density at radius 1 is 1.00 bits per heavy atom. The van der Waals surface area contributed by atoms with Crippen molar-refractivity contribution in [1.29, 1.82) is 0 Å². The number of ether oxygens (including phenoxy) is 2. The van der Waals surface area contributed by atoms with Crippen LogP contribution >= 0.6 is 0 Å². The molecular formula is C18H19NO3. The van der Waals surface area contributed by atoms with Crippen molar-refractivity contribution in [2.24, 2.45) is 0 Å². The number of ketones is 1. The molecule has 0 unspecified atom stereocenters. The predicted octanol–water partition coefficient (Wildman–Crippen LogP) is 3.90. The Balaban J connectivity index is 2.12. The Labute approximate surface area is 130 Å². The van der Waals surface area contributed by atoms with Crippen molar-refractivity contribution in [3.63, 3.8) is 0 Å². The first kappa shape index (κ1) is 15.6. The van der Waals surface area contributed by atoms with E-state index in [1.54, 1.807) is 44.6 Å². The summed E-state index contributed by atoms with van der Waals surface area (Å²) in [5.74, 6) is 1.39. The van der Waals surface area contributed by atoms with E-state index in [4.69, 9.17) is 9.47 Å². The van der Waals surface area contributed by atoms with E-state index in [-0.39, 0.29) is 5.78 Å². The number of carbonyl (C=O) groups excluding carboxylic acids is 1. The summed E-state index contributed by atoms with van der Waals surface area (Å²) in [6.45, 7) is 1.84. The van der Waals surface area contributed by atoms with E-state index >= 15 is 0 Å². The monoisotopic (exact) mass is 297 g/mol. The summed E-state index contributed by atoms with van der Waals surface area (Å²) < 4.78 is 10.4. The van der Waals surface area contributed by atoms with Crippen LogP contribution in [0.25, 0.3) is 0 Å². The number of methoxy groups -OCH3 is 2. The fraction of sp³-hybridized carbons (Fsp3) is 0.167. The summed E-state index contributed by atoms with van der Waals surface area (Å²) in [5, 5.41) is 3.18. The van der Waals surface area contributed by atoms with Crippen LogP contribution in [0, 0.1) is 0 Å². The highest BCUT2D eigenvalue weighted by Gasteiger charge is 2.05. The van der Waals surface area contributed by atoms with E-state index in [2.05, 4.69) is 5.32 Å². The topological polar surface area (TPSA) is 47.6 Å². The maximum absolute atomic E-state index is 12.2. The van der Waals surface area contributed by atoms with E-state index in [1.807, 2.05) is 31.2 Å². The molecule has 0 aliphatic rings.